The number of nitrogens with zero attached hydrogens (tertiary/aromatic N) is 3. The maximum absolute atomic E-state index is 5.53. The summed E-state index contributed by atoms with van der Waals surface area (Å²) in [7, 11) is 2.15. The van der Waals surface area contributed by atoms with Crippen molar-refractivity contribution in [1.29, 1.82) is 0 Å². The van der Waals surface area contributed by atoms with Crippen molar-refractivity contribution >= 4 is 5.82 Å². The first-order valence-electron chi connectivity index (χ1n) is 7.57. The predicted octanol–water partition coefficient (Wildman–Crippen LogP) is 2.31. The molecule has 1 aliphatic rings. The monoisotopic (exact) mass is 262 g/mol. The Hall–Kier alpha value is -1.16. The summed E-state index contributed by atoms with van der Waals surface area (Å²) in [4.78, 5) is 11.3. The average Bonchev–Trinajstić information content (AvgIpc) is 2.68. The molecule has 4 heteroatoms. The molecular formula is C15H26N4. The topological polar surface area (TPSA) is 55.0 Å². The fraction of sp³-hybridized carbons (Fsp3) is 0.733. The van der Waals surface area contributed by atoms with E-state index in [-0.39, 0.29) is 0 Å². The third-order valence-corrected chi connectivity index (χ3v) is 3.91. The van der Waals surface area contributed by atoms with Gasteiger partial charge >= 0.3 is 0 Å². The Bertz CT molecular complexity index is 392. The summed E-state index contributed by atoms with van der Waals surface area (Å²) in [6.07, 6.45) is 11.4. The zero-order valence-corrected chi connectivity index (χ0v) is 12.1. The lowest BCUT2D eigenvalue weighted by Gasteiger charge is -2.21. The van der Waals surface area contributed by atoms with Crippen molar-refractivity contribution in [3.05, 3.63) is 17.6 Å². The molecule has 0 aromatic carbocycles. The Morgan fingerprint density at radius 1 is 1.11 bits per heavy atom. The van der Waals surface area contributed by atoms with Gasteiger partial charge in [0, 0.05) is 24.8 Å². The highest BCUT2D eigenvalue weighted by atomic mass is 15.2. The van der Waals surface area contributed by atoms with E-state index in [0.29, 0.717) is 0 Å². The first-order chi connectivity index (χ1) is 9.33. The first kappa shape index (κ1) is 14.3. The molecule has 0 fully saturated rings. The van der Waals surface area contributed by atoms with Crippen LogP contribution in [-0.2, 0) is 12.8 Å². The standard InChI is InChI=1S/C15H26N4/c1-19(11-7-3-6-10-16)15-13-8-4-2-5-9-14(13)17-12-18-15/h12H,2-11,16H2,1H3. The molecule has 19 heavy (non-hydrogen) atoms. The minimum Gasteiger partial charge on any atom is -0.359 e. The van der Waals surface area contributed by atoms with Crippen molar-refractivity contribution in [3.8, 4) is 0 Å². The second-order valence-electron chi connectivity index (χ2n) is 5.45. The Morgan fingerprint density at radius 3 is 2.79 bits per heavy atom. The van der Waals surface area contributed by atoms with Crippen LogP contribution in [0.4, 0.5) is 5.82 Å². The maximum atomic E-state index is 5.53. The predicted molar refractivity (Wildman–Crippen MR) is 79.5 cm³/mol. The lowest BCUT2D eigenvalue weighted by Crippen LogP contribution is -2.22. The largest absolute Gasteiger partial charge is 0.359 e. The first-order valence-corrected chi connectivity index (χ1v) is 7.57. The van der Waals surface area contributed by atoms with Crippen molar-refractivity contribution in [2.75, 3.05) is 25.0 Å². The maximum Gasteiger partial charge on any atom is 0.135 e. The van der Waals surface area contributed by atoms with Crippen molar-refractivity contribution in [1.82, 2.24) is 9.97 Å². The number of nitrogens with two attached hydrogens (primary N) is 1. The molecule has 0 aliphatic heterocycles. The van der Waals surface area contributed by atoms with Crippen LogP contribution < -0.4 is 10.6 Å². The number of aromatic nitrogens is 2. The summed E-state index contributed by atoms with van der Waals surface area (Å²) in [6, 6.07) is 0. The molecular weight excluding hydrogens is 236 g/mol. The molecule has 0 radical (unpaired) electrons. The van der Waals surface area contributed by atoms with Crippen LogP contribution in [0.1, 0.15) is 49.8 Å². The van der Waals surface area contributed by atoms with Crippen LogP contribution in [0.5, 0.6) is 0 Å². The van der Waals surface area contributed by atoms with Gasteiger partial charge in [0.2, 0.25) is 0 Å². The van der Waals surface area contributed by atoms with Crippen molar-refractivity contribution in [2.45, 2.75) is 51.4 Å². The third-order valence-electron chi connectivity index (χ3n) is 3.91. The van der Waals surface area contributed by atoms with Crippen molar-refractivity contribution in [3.63, 3.8) is 0 Å². The molecule has 4 nitrogen and oxygen atoms in total. The number of hydrogen-bond donors (Lipinski definition) is 1. The highest BCUT2D eigenvalue weighted by Crippen LogP contribution is 2.25. The zero-order valence-electron chi connectivity index (χ0n) is 12.1. The number of aryl methyl sites for hydroxylation is 1. The van der Waals surface area contributed by atoms with E-state index in [4.69, 9.17) is 5.73 Å². The summed E-state index contributed by atoms with van der Waals surface area (Å²) < 4.78 is 0. The third kappa shape index (κ3) is 3.90. The minimum atomic E-state index is 0.798. The number of rotatable bonds is 6. The lowest BCUT2D eigenvalue weighted by atomic mass is 10.1. The number of anilines is 1. The van der Waals surface area contributed by atoms with Gasteiger partial charge in [-0.2, -0.15) is 0 Å². The van der Waals surface area contributed by atoms with Gasteiger partial charge < -0.3 is 10.6 Å². The van der Waals surface area contributed by atoms with E-state index in [0.717, 1.165) is 38.2 Å². The molecule has 0 spiro atoms. The van der Waals surface area contributed by atoms with E-state index in [1.807, 2.05) is 0 Å². The quantitative estimate of drug-likeness (QED) is 0.631. The molecule has 0 saturated heterocycles. The summed E-state index contributed by atoms with van der Waals surface area (Å²) in [6.45, 7) is 1.86. The summed E-state index contributed by atoms with van der Waals surface area (Å²) in [5.74, 6) is 1.15. The van der Waals surface area contributed by atoms with Crippen molar-refractivity contribution in [2.24, 2.45) is 5.73 Å². The number of hydrogen-bond acceptors (Lipinski definition) is 4. The van der Waals surface area contributed by atoms with Crippen molar-refractivity contribution < 1.29 is 0 Å². The Labute approximate surface area is 116 Å². The van der Waals surface area contributed by atoms with E-state index >= 15 is 0 Å². The van der Waals surface area contributed by atoms with E-state index in [1.54, 1.807) is 6.33 Å². The van der Waals surface area contributed by atoms with Crippen LogP contribution in [0.15, 0.2) is 6.33 Å². The molecule has 0 saturated carbocycles. The highest BCUT2D eigenvalue weighted by Gasteiger charge is 2.16. The SMILES string of the molecule is CN(CCCCCN)c1ncnc2c1CCCCC2. The number of fused-ring (bicyclic) bond motifs is 1. The van der Waals surface area contributed by atoms with Gasteiger partial charge in [-0.15, -0.1) is 0 Å². The Morgan fingerprint density at radius 2 is 1.95 bits per heavy atom. The van der Waals surface area contributed by atoms with Gasteiger partial charge in [-0.3, -0.25) is 0 Å². The van der Waals surface area contributed by atoms with Crippen LogP contribution in [-0.4, -0.2) is 30.1 Å². The Balaban J connectivity index is 2.02. The lowest BCUT2D eigenvalue weighted by molar-refractivity contribution is 0.673. The molecule has 1 aliphatic carbocycles. The fourth-order valence-electron chi connectivity index (χ4n) is 2.79. The van der Waals surface area contributed by atoms with Crippen LogP contribution in [0.25, 0.3) is 0 Å². The summed E-state index contributed by atoms with van der Waals surface area (Å²) in [5.41, 5.74) is 8.20. The second-order valence-corrected chi connectivity index (χ2v) is 5.45. The van der Waals surface area contributed by atoms with E-state index < -0.39 is 0 Å². The van der Waals surface area contributed by atoms with E-state index in [1.165, 1.54) is 43.4 Å². The normalized spacial score (nSPS) is 14.8. The molecule has 1 heterocycles. The van der Waals surface area contributed by atoms with Gasteiger partial charge in [0.05, 0.1) is 0 Å². The smallest absolute Gasteiger partial charge is 0.135 e. The van der Waals surface area contributed by atoms with E-state index in [9.17, 15) is 0 Å². The summed E-state index contributed by atoms with van der Waals surface area (Å²) >= 11 is 0. The number of unbranched alkanes of at least 4 members (excludes halogenated alkanes) is 2. The van der Waals surface area contributed by atoms with Gasteiger partial charge in [0.25, 0.3) is 0 Å². The molecule has 2 N–H and O–H groups in total. The molecule has 0 atom stereocenters. The molecule has 0 bridgehead atoms. The van der Waals surface area contributed by atoms with Gasteiger partial charge in [0.1, 0.15) is 12.1 Å². The highest BCUT2D eigenvalue weighted by molar-refractivity contribution is 5.48. The molecule has 0 amide bonds. The average molecular weight is 262 g/mol. The molecule has 2 rings (SSSR count). The molecule has 0 unspecified atom stereocenters. The zero-order chi connectivity index (χ0) is 13.5. The second kappa shape index (κ2) is 7.43. The van der Waals surface area contributed by atoms with Crippen LogP contribution in [0.2, 0.25) is 0 Å². The minimum absolute atomic E-state index is 0.798. The molecule has 106 valence electrons. The Kier molecular flexibility index (Phi) is 5.58. The molecule has 1 aromatic rings. The fourth-order valence-corrected chi connectivity index (χ4v) is 2.79. The van der Waals surface area contributed by atoms with Crippen LogP contribution in [0, 0.1) is 0 Å². The van der Waals surface area contributed by atoms with Gasteiger partial charge in [0.15, 0.2) is 0 Å². The van der Waals surface area contributed by atoms with Gasteiger partial charge in [-0.1, -0.05) is 12.8 Å². The molecule has 1 aromatic heterocycles. The van der Waals surface area contributed by atoms with E-state index in [2.05, 4.69) is 21.9 Å². The van der Waals surface area contributed by atoms with Crippen LogP contribution in [0.3, 0.4) is 0 Å². The van der Waals surface area contributed by atoms with Gasteiger partial charge in [-0.05, 0) is 45.1 Å². The van der Waals surface area contributed by atoms with Gasteiger partial charge in [-0.25, -0.2) is 9.97 Å². The summed E-state index contributed by atoms with van der Waals surface area (Å²) in [5, 5.41) is 0. The van der Waals surface area contributed by atoms with Crippen LogP contribution >= 0.6 is 0 Å².